The number of carbonyl (C=O) groups excluding carboxylic acids is 1. The Kier molecular flexibility index (Phi) is 4.88. The summed E-state index contributed by atoms with van der Waals surface area (Å²) >= 11 is 0. The van der Waals surface area contributed by atoms with Gasteiger partial charge in [-0.15, -0.1) is 0 Å². The molecule has 0 fully saturated rings. The number of sulfonamides is 1. The Morgan fingerprint density at radius 1 is 1.08 bits per heavy atom. The summed E-state index contributed by atoms with van der Waals surface area (Å²) in [6, 6.07) is 16.0. The van der Waals surface area contributed by atoms with Gasteiger partial charge in [-0.05, 0) is 35.9 Å². The second-order valence-electron chi connectivity index (χ2n) is 5.65. The van der Waals surface area contributed by atoms with Gasteiger partial charge < -0.3 is 9.88 Å². The summed E-state index contributed by atoms with van der Waals surface area (Å²) in [5.74, 6) is -1.39. The lowest BCUT2D eigenvalue weighted by atomic mass is 10.2. The second-order valence-corrected chi connectivity index (χ2v) is 7.21. The average Bonchev–Trinajstić information content (AvgIpc) is 3.05. The van der Waals surface area contributed by atoms with Crippen LogP contribution in [0, 0.1) is 5.82 Å². The van der Waals surface area contributed by atoms with Gasteiger partial charge in [0.1, 0.15) is 11.5 Å². The molecule has 1 heterocycles. The highest BCUT2D eigenvalue weighted by Gasteiger charge is 2.16. The molecule has 0 unspecified atom stereocenters. The van der Waals surface area contributed by atoms with Crippen molar-refractivity contribution in [3.8, 4) is 0 Å². The van der Waals surface area contributed by atoms with Crippen molar-refractivity contribution in [2.45, 2.75) is 11.4 Å². The molecule has 6 nitrogen and oxygen atoms in total. The summed E-state index contributed by atoms with van der Waals surface area (Å²) in [6.07, 6.45) is 1.75. The van der Waals surface area contributed by atoms with Gasteiger partial charge in [-0.1, -0.05) is 30.3 Å². The Balaban J connectivity index is 1.80. The molecule has 1 amide bonds. The molecule has 0 radical (unpaired) electrons. The lowest BCUT2D eigenvalue weighted by molar-refractivity contribution is 0.101. The predicted molar refractivity (Wildman–Crippen MR) is 95.7 cm³/mol. The molecule has 134 valence electrons. The van der Waals surface area contributed by atoms with E-state index in [4.69, 9.17) is 5.14 Å². The van der Waals surface area contributed by atoms with Crippen LogP contribution in [-0.2, 0) is 16.6 Å². The fraction of sp³-hybridized carbons (Fsp3) is 0.0556. The van der Waals surface area contributed by atoms with Crippen LogP contribution in [0.2, 0.25) is 0 Å². The van der Waals surface area contributed by atoms with E-state index in [2.05, 4.69) is 5.32 Å². The van der Waals surface area contributed by atoms with Crippen LogP contribution < -0.4 is 10.5 Å². The van der Waals surface area contributed by atoms with E-state index in [9.17, 15) is 17.6 Å². The molecule has 0 aliphatic heterocycles. The fourth-order valence-corrected chi connectivity index (χ4v) is 3.02. The highest BCUT2D eigenvalue weighted by Crippen LogP contribution is 2.19. The molecule has 0 aliphatic rings. The summed E-state index contributed by atoms with van der Waals surface area (Å²) in [6.45, 7) is 0.490. The highest BCUT2D eigenvalue weighted by atomic mass is 32.2. The van der Waals surface area contributed by atoms with Crippen LogP contribution in [0.1, 0.15) is 16.1 Å². The van der Waals surface area contributed by atoms with Crippen molar-refractivity contribution in [2.24, 2.45) is 5.14 Å². The minimum absolute atomic E-state index is 0.130. The SMILES string of the molecule is NS(=O)(=O)c1ccc(NC(=O)c2cccn2Cc2ccccc2)c(F)c1. The van der Waals surface area contributed by atoms with Crippen LogP contribution in [0.4, 0.5) is 10.1 Å². The maximum absolute atomic E-state index is 14.1. The number of hydrogen-bond donors (Lipinski definition) is 2. The summed E-state index contributed by atoms with van der Waals surface area (Å²) in [5.41, 5.74) is 1.24. The summed E-state index contributed by atoms with van der Waals surface area (Å²) in [4.78, 5) is 12.1. The van der Waals surface area contributed by atoms with Crippen LogP contribution >= 0.6 is 0 Å². The number of aromatic nitrogens is 1. The molecule has 8 heteroatoms. The zero-order valence-electron chi connectivity index (χ0n) is 13.6. The van der Waals surface area contributed by atoms with Gasteiger partial charge in [-0.2, -0.15) is 0 Å². The number of benzene rings is 2. The monoisotopic (exact) mass is 373 g/mol. The zero-order valence-corrected chi connectivity index (χ0v) is 14.4. The summed E-state index contributed by atoms with van der Waals surface area (Å²) < 4.78 is 38.3. The van der Waals surface area contributed by atoms with Gasteiger partial charge in [0.25, 0.3) is 5.91 Å². The Hall–Kier alpha value is -2.97. The van der Waals surface area contributed by atoms with E-state index in [1.165, 1.54) is 0 Å². The molecule has 3 rings (SSSR count). The van der Waals surface area contributed by atoms with E-state index in [1.54, 1.807) is 22.9 Å². The van der Waals surface area contributed by atoms with Crippen LogP contribution in [0.15, 0.2) is 71.8 Å². The van der Waals surface area contributed by atoms with Gasteiger partial charge >= 0.3 is 0 Å². The quantitative estimate of drug-likeness (QED) is 0.720. The third-order valence-electron chi connectivity index (χ3n) is 3.78. The number of amides is 1. The molecule has 1 aromatic heterocycles. The summed E-state index contributed by atoms with van der Waals surface area (Å²) in [7, 11) is -4.01. The van der Waals surface area contributed by atoms with Crippen molar-refractivity contribution in [1.82, 2.24) is 4.57 Å². The second kappa shape index (κ2) is 7.11. The normalized spacial score (nSPS) is 11.3. The number of nitrogens with one attached hydrogen (secondary N) is 1. The first-order chi connectivity index (χ1) is 12.3. The van der Waals surface area contributed by atoms with Gasteiger partial charge in [0, 0.05) is 12.7 Å². The Morgan fingerprint density at radius 2 is 1.81 bits per heavy atom. The van der Waals surface area contributed by atoms with Gasteiger partial charge in [0.2, 0.25) is 10.0 Å². The Labute approximate surface area is 150 Å². The first kappa shape index (κ1) is 17.8. The molecule has 26 heavy (non-hydrogen) atoms. The van der Waals surface area contributed by atoms with Crippen LogP contribution in [0.3, 0.4) is 0 Å². The zero-order chi connectivity index (χ0) is 18.7. The minimum atomic E-state index is -4.01. The number of hydrogen-bond acceptors (Lipinski definition) is 3. The molecule has 0 aliphatic carbocycles. The minimum Gasteiger partial charge on any atom is -0.339 e. The topological polar surface area (TPSA) is 94.2 Å². The number of halogens is 1. The van der Waals surface area contributed by atoms with E-state index >= 15 is 0 Å². The van der Waals surface area contributed by atoms with Gasteiger partial charge in [-0.25, -0.2) is 17.9 Å². The van der Waals surface area contributed by atoms with E-state index in [0.29, 0.717) is 12.2 Å². The summed E-state index contributed by atoms with van der Waals surface area (Å²) in [5, 5.41) is 7.41. The van der Waals surface area contributed by atoms with Crippen LogP contribution in [0.5, 0.6) is 0 Å². The Bertz CT molecular complexity index is 1050. The molecule has 0 saturated carbocycles. The molecule has 0 saturated heterocycles. The standard InChI is InChI=1S/C18H16FN3O3S/c19-15-11-14(26(20,24)25)8-9-16(15)21-18(23)17-7-4-10-22(17)12-13-5-2-1-3-6-13/h1-11H,12H2,(H,21,23)(H2,20,24,25). The van der Waals surface area contributed by atoms with Crippen LogP contribution in [0.25, 0.3) is 0 Å². The van der Waals surface area contributed by atoms with Crippen molar-refractivity contribution < 1.29 is 17.6 Å². The lowest BCUT2D eigenvalue weighted by Crippen LogP contribution is -2.18. The van der Waals surface area contributed by atoms with Gasteiger partial charge in [-0.3, -0.25) is 4.79 Å². The molecule has 3 aromatic rings. The van der Waals surface area contributed by atoms with Crippen molar-refractivity contribution in [3.63, 3.8) is 0 Å². The van der Waals surface area contributed by atoms with Crippen molar-refractivity contribution in [1.29, 1.82) is 0 Å². The van der Waals surface area contributed by atoms with E-state index in [1.807, 2.05) is 30.3 Å². The van der Waals surface area contributed by atoms with Gasteiger partial charge in [0.05, 0.1) is 10.6 Å². The third kappa shape index (κ3) is 3.98. The maximum atomic E-state index is 14.1. The van der Waals surface area contributed by atoms with E-state index < -0.39 is 21.7 Å². The third-order valence-corrected chi connectivity index (χ3v) is 4.69. The number of rotatable bonds is 5. The number of anilines is 1. The number of nitrogens with two attached hydrogens (primary N) is 1. The molecule has 3 N–H and O–H groups in total. The smallest absolute Gasteiger partial charge is 0.272 e. The molecule has 0 atom stereocenters. The van der Waals surface area contributed by atoms with Gasteiger partial charge in [0.15, 0.2) is 0 Å². The van der Waals surface area contributed by atoms with Crippen LogP contribution in [-0.4, -0.2) is 18.9 Å². The molecular weight excluding hydrogens is 357 g/mol. The van der Waals surface area contributed by atoms with E-state index in [0.717, 1.165) is 23.8 Å². The van der Waals surface area contributed by atoms with Crippen molar-refractivity contribution in [2.75, 3.05) is 5.32 Å². The van der Waals surface area contributed by atoms with Crippen molar-refractivity contribution in [3.05, 3.63) is 83.9 Å². The molecule has 0 bridgehead atoms. The molecular formula is C18H16FN3O3S. The fourth-order valence-electron chi connectivity index (χ4n) is 2.50. The average molecular weight is 373 g/mol. The number of nitrogens with zero attached hydrogens (tertiary/aromatic N) is 1. The number of primary sulfonamides is 1. The number of carbonyl (C=O) groups is 1. The first-order valence-electron chi connectivity index (χ1n) is 7.67. The first-order valence-corrected chi connectivity index (χ1v) is 9.22. The lowest BCUT2D eigenvalue weighted by Gasteiger charge is -2.11. The molecule has 2 aromatic carbocycles. The Morgan fingerprint density at radius 3 is 2.46 bits per heavy atom. The maximum Gasteiger partial charge on any atom is 0.272 e. The van der Waals surface area contributed by atoms with Crippen molar-refractivity contribution >= 4 is 21.6 Å². The largest absolute Gasteiger partial charge is 0.339 e. The highest BCUT2D eigenvalue weighted by molar-refractivity contribution is 7.89. The predicted octanol–water partition coefficient (Wildman–Crippen LogP) is 2.58. The van der Waals surface area contributed by atoms with E-state index in [-0.39, 0.29) is 10.6 Å². The molecule has 0 spiro atoms.